The highest BCUT2D eigenvalue weighted by molar-refractivity contribution is 4.93. The largest absolute Gasteiger partial charge is 0.316 e. The Balaban J connectivity index is 2.67. The summed E-state index contributed by atoms with van der Waals surface area (Å²) in [4.78, 5) is 4.35. The van der Waals surface area contributed by atoms with Gasteiger partial charge in [-0.15, -0.1) is 0 Å². The third kappa shape index (κ3) is 3.80. The maximum absolute atomic E-state index is 4.35. The molecule has 1 aromatic rings. The van der Waals surface area contributed by atoms with Gasteiger partial charge in [0.2, 0.25) is 0 Å². The predicted octanol–water partition coefficient (Wildman–Crippen LogP) is 2.16. The first-order valence-electron chi connectivity index (χ1n) is 6.71. The van der Waals surface area contributed by atoms with Gasteiger partial charge in [0.1, 0.15) is 12.2 Å². The van der Waals surface area contributed by atoms with E-state index in [9.17, 15) is 0 Å². The molecule has 0 saturated heterocycles. The second-order valence-electron chi connectivity index (χ2n) is 4.86. The molecule has 0 radical (unpaired) electrons. The van der Waals surface area contributed by atoms with E-state index in [1.165, 1.54) is 19.3 Å². The van der Waals surface area contributed by atoms with Crippen LogP contribution in [0.4, 0.5) is 0 Å². The van der Waals surface area contributed by atoms with Crippen LogP contribution < -0.4 is 5.32 Å². The van der Waals surface area contributed by atoms with Crippen molar-refractivity contribution in [1.29, 1.82) is 0 Å². The zero-order valence-corrected chi connectivity index (χ0v) is 11.7. The Morgan fingerprint density at radius 1 is 1.29 bits per heavy atom. The Labute approximate surface area is 105 Å². The van der Waals surface area contributed by atoms with E-state index < -0.39 is 0 Å². The Morgan fingerprint density at radius 2 is 2.00 bits per heavy atom. The summed E-state index contributed by atoms with van der Waals surface area (Å²) in [5, 5.41) is 7.70. The Morgan fingerprint density at radius 3 is 2.47 bits per heavy atom. The number of hydrogen-bond donors (Lipinski definition) is 1. The van der Waals surface area contributed by atoms with Gasteiger partial charge in [0.05, 0.1) is 0 Å². The van der Waals surface area contributed by atoms with Crippen molar-refractivity contribution in [2.24, 2.45) is 12.5 Å². The van der Waals surface area contributed by atoms with Gasteiger partial charge in [-0.05, 0) is 31.2 Å². The monoisotopic (exact) mass is 238 g/mol. The Bertz CT molecular complexity index is 315. The summed E-state index contributed by atoms with van der Waals surface area (Å²) in [6, 6.07) is 0. The minimum atomic E-state index is 0.315. The molecule has 4 nitrogen and oxygen atoms in total. The third-order valence-corrected chi connectivity index (χ3v) is 3.77. The number of nitrogens with zero attached hydrogens (tertiary/aromatic N) is 3. The van der Waals surface area contributed by atoms with Crippen LogP contribution in [0.1, 0.15) is 45.9 Å². The molecule has 0 atom stereocenters. The van der Waals surface area contributed by atoms with Gasteiger partial charge in [-0.3, -0.25) is 4.68 Å². The molecule has 4 heteroatoms. The molecule has 0 aliphatic rings. The first-order chi connectivity index (χ1) is 8.17. The van der Waals surface area contributed by atoms with Gasteiger partial charge in [-0.25, -0.2) is 4.98 Å². The first-order valence-corrected chi connectivity index (χ1v) is 6.71. The molecule has 0 aliphatic carbocycles. The van der Waals surface area contributed by atoms with Crippen molar-refractivity contribution in [3.8, 4) is 0 Å². The molecule has 0 spiro atoms. The van der Waals surface area contributed by atoms with Crippen LogP contribution in [0.3, 0.4) is 0 Å². The topological polar surface area (TPSA) is 42.7 Å². The molecule has 98 valence electrons. The molecule has 1 aromatic heterocycles. The van der Waals surface area contributed by atoms with Crippen molar-refractivity contribution in [3.63, 3.8) is 0 Å². The molecule has 0 unspecified atom stereocenters. The van der Waals surface area contributed by atoms with Gasteiger partial charge in [0, 0.05) is 20.0 Å². The lowest BCUT2D eigenvalue weighted by molar-refractivity contribution is 0.239. The van der Waals surface area contributed by atoms with Gasteiger partial charge >= 0.3 is 0 Å². The Kier molecular flexibility index (Phi) is 5.62. The predicted molar refractivity (Wildman–Crippen MR) is 70.9 cm³/mol. The number of hydrogen-bond acceptors (Lipinski definition) is 3. The standard InChI is InChI=1S/C13H26N4/c1-5-8-14-10-13(6-2,7-3)9-12-15-11-16-17(12)4/h11,14H,5-10H2,1-4H3. The molecule has 0 aromatic carbocycles. The molecule has 0 fully saturated rings. The lowest BCUT2D eigenvalue weighted by Gasteiger charge is -2.31. The highest BCUT2D eigenvalue weighted by Crippen LogP contribution is 2.29. The van der Waals surface area contributed by atoms with Crippen LogP contribution in [0.15, 0.2) is 6.33 Å². The fraction of sp³-hybridized carbons (Fsp3) is 0.846. The first kappa shape index (κ1) is 14.2. The number of nitrogens with one attached hydrogen (secondary N) is 1. The van der Waals surface area contributed by atoms with E-state index >= 15 is 0 Å². The smallest absolute Gasteiger partial charge is 0.138 e. The van der Waals surface area contributed by atoms with Crippen molar-refractivity contribution >= 4 is 0 Å². The van der Waals surface area contributed by atoms with Crippen molar-refractivity contribution < 1.29 is 0 Å². The van der Waals surface area contributed by atoms with E-state index in [1.807, 2.05) is 11.7 Å². The minimum Gasteiger partial charge on any atom is -0.316 e. The van der Waals surface area contributed by atoms with Gasteiger partial charge in [-0.2, -0.15) is 5.10 Å². The summed E-state index contributed by atoms with van der Waals surface area (Å²) in [6.45, 7) is 8.91. The van der Waals surface area contributed by atoms with Crippen molar-refractivity contribution in [1.82, 2.24) is 20.1 Å². The number of rotatable bonds is 8. The summed E-state index contributed by atoms with van der Waals surface area (Å²) in [5.41, 5.74) is 0.315. The van der Waals surface area contributed by atoms with Crippen molar-refractivity contribution in [2.75, 3.05) is 13.1 Å². The Hall–Kier alpha value is -0.900. The summed E-state index contributed by atoms with van der Waals surface area (Å²) in [6.07, 6.45) is 6.19. The van der Waals surface area contributed by atoms with Crippen LogP contribution in [-0.2, 0) is 13.5 Å². The highest BCUT2D eigenvalue weighted by atomic mass is 15.3. The molecule has 1 rings (SSSR count). The molecule has 0 amide bonds. The second-order valence-corrected chi connectivity index (χ2v) is 4.86. The van der Waals surface area contributed by atoms with Crippen molar-refractivity contribution in [2.45, 2.75) is 46.5 Å². The minimum absolute atomic E-state index is 0.315. The molecule has 17 heavy (non-hydrogen) atoms. The fourth-order valence-electron chi connectivity index (χ4n) is 2.16. The molecule has 1 N–H and O–H groups in total. The van der Waals surface area contributed by atoms with Crippen LogP contribution in [0.2, 0.25) is 0 Å². The quantitative estimate of drug-likeness (QED) is 0.706. The summed E-state index contributed by atoms with van der Waals surface area (Å²) < 4.78 is 1.89. The molecule has 1 heterocycles. The zero-order valence-electron chi connectivity index (χ0n) is 11.7. The zero-order chi connectivity index (χ0) is 12.7. The molecule has 0 saturated carbocycles. The lowest BCUT2D eigenvalue weighted by Crippen LogP contribution is -2.36. The van der Waals surface area contributed by atoms with Crippen LogP contribution in [0.5, 0.6) is 0 Å². The van der Waals surface area contributed by atoms with E-state index in [-0.39, 0.29) is 0 Å². The van der Waals surface area contributed by atoms with Gasteiger partial charge in [0.25, 0.3) is 0 Å². The van der Waals surface area contributed by atoms with Gasteiger partial charge in [0.15, 0.2) is 0 Å². The highest BCUT2D eigenvalue weighted by Gasteiger charge is 2.27. The lowest BCUT2D eigenvalue weighted by atomic mass is 9.79. The average Bonchev–Trinajstić information content (AvgIpc) is 2.74. The van der Waals surface area contributed by atoms with E-state index in [0.717, 1.165) is 25.3 Å². The molecular weight excluding hydrogens is 212 g/mol. The van der Waals surface area contributed by atoms with Crippen LogP contribution in [-0.4, -0.2) is 27.9 Å². The van der Waals surface area contributed by atoms with Crippen LogP contribution >= 0.6 is 0 Å². The van der Waals surface area contributed by atoms with E-state index in [4.69, 9.17) is 0 Å². The maximum atomic E-state index is 4.35. The number of aromatic nitrogens is 3. The molecule has 0 bridgehead atoms. The average molecular weight is 238 g/mol. The van der Waals surface area contributed by atoms with Gasteiger partial charge < -0.3 is 5.32 Å². The summed E-state index contributed by atoms with van der Waals surface area (Å²) in [5.74, 6) is 1.09. The summed E-state index contributed by atoms with van der Waals surface area (Å²) >= 11 is 0. The van der Waals surface area contributed by atoms with Gasteiger partial charge in [-0.1, -0.05) is 20.8 Å². The van der Waals surface area contributed by atoms with E-state index in [0.29, 0.717) is 5.41 Å². The SMILES string of the molecule is CCCNCC(CC)(CC)Cc1ncnn1C. The normalized spacial score (nSPS) is 12.0. The van der Waals surface area contributed by atoms with Crippen LogP contribution in [0, 0.1) is 5.41 Å². The van der Waals surface area contributed by atoms with Crippen LogP contribution in [0.25, 0.3) is 0 Å². The summed E-state index contributed by atoms with van der Waals surface area (Å²) in [7, 11) is 1.97. The number of aryl methyl sites for hydroxylation is 1. The molecular formula is C13H26N4. The fourth-order valence-corrected chi connectivity index (χ4v) is 2.16. The third-order valence-electron chi connectivity index (χ3n) is 3.77. The maximum Gasteiger partial charge on any atom is 0.138 e. The van der Waals surface area contributed by atoms with E-state index in [2.05, 4.69) is 36.2 Å². The second kappa shape index (κ2) is 6.74. The van der Waals surface area contributed by atoms with Crippen molar-refractivity contribution in [3.05, 3.63) is 12.2 Å². The molecule has 0 aliphatic heterocycles. The van der Waals surface area contributed by atoms with E-state index in [1.54, 1.807) is 6.33 Å².